The lowest BCUT2D eigenvalue weighted by Gasteiger charge is -2.23. The van der Waals surface area contributed by atoms with Crippen molar-refractivity contribution in [3.05, 3.63) is 179 Å². The average Bonchev–Trinajstić information content (AvgIpc) is 3.36. The van der Waals surface area contributed by atoms with E-state index in [0.717, 1.165) is 6.42 Å². The molecule has 0 radical (unpaired) electrons. The highest BCUT2D eigenvalue weighted by Gasteiger charge is 2.36. The maximum atomic E-state index is 2.46. The third-order valence-electron chi connectivity index (χ3n) is 12.1. The van der Waals surface area contributed by atoms with Crippen molar-refractivity contribution in [3.63, 3.8) is 0 Å². The normalized spacial score (nSPS) is 13.9. The third kappa shape index (κ3) is 4.76. The fourth-order valence-electron chi connectivity index (χ4n) is 9.44. The third-order valence-corrected chi connectivity index (χ3v) is 12.1. The average molecular weight is 691 g/mol. The van der Waals surface area contributed by atoms with Gasteiger partial charge in [-0.15, -0.1) is 0 Å². The van der Waals surface area contributed by atoms with Crippen LogP contribution in [0.3, 0.4) is 0 Å². The first-order valence-corrected chi connectivity index (χ1v) is 19.5. The second-order valence-electron chi connectivity index (χ2n) is 15.2. The highest BCUT2D eigenvalue weighted by atomic mass is 14.4. The van der Waals surface area contributed by atoms with E-state index < -0.39 is 0 Å². The molecule has 0 aromatic heterocycles. The van der Waals surface area contributed by atoms with Gasteiger partial charge in [0.05, 0.1) is 0 Å². The predicted molar refractivity (Wildman–Crippen MR) is 236 cm³/mol. The molecule has 54 heavy (non-hydrogen) atoms. The zero-order valence-corrected chi connectivity index (χ0v) is 31.4. The second kappa shape index (κ2) is 12.4. The van der Waals surface area contributed by atoms with Crippen LogP contribution in [0.4, 0.5) is 0 Å². The van der Waals surface area contributed by atoms with Crippen LogP contribution in [0, 0.1) is 0 Å². The maximum absolute atomic E-state index is 2.46. The fourth-order valence-corrected chi connectivity index (χ4v) is 9.44. The van der Waals surface area contributed by atoms with Crippen molar-refractivity contribution in [2.75, 3.05) is 0 Å². The van der Waals surface area contributed by atoms with Crippen molar-refractivity contribution in [2.24, 2.45) is 0 Å². The molecular weight excluding hydrogens is 649 g/mol. The van der Waals surface area contributed by atoms with Gasteiger partial charge in [-0.25, -0.2) is 0 Å². The number of rotatable bonds is 2. The summed E-state index contributed by atoms with van der Waals surface area (Å²) in [7, 11) is 0. The van der Waals surface area contributed by atoms with Crippen LogP contribution in [0.25, 0.3) is 99.4 Å². The lowest BCUT2D eigenvalue weighted by atomic mass is 9.80. The molecule has 11 rings (SSSR count). The van der Waals surface area contributed by atoms with Crippen LogP contribution >= 0.6 is 0 Å². The van der Waals surface area contributed by atoms with Gasteiger partial charge in [0.15, 0.2) is 0 Å². The van der Waals surface area contributed by atoms with E-state index in [1.807, 2.05) is 13.8 Å². The van der Waals surface area contributed by atoms with Crippen LogP contribution in [0.2, 0.25) is 0 Å². The Hall–Kier alpha value is -6.24. The van der Waals surface area contributed by atoms with Crippen LogP contribution < -0.4 is 10.4 Å². The largest absolute Gasteiger partial charge is 0.0807 e. The van der Waals surface area contributed by atoms with E-state index in [-0.39, 0.29) is 5.41 Å². The zero-order valence-electron chi connectivity index (χ0n) is 31.4. The topological polar surface area (TPSA) is 0 Å². The Morgan fingerprint density at radius 1 is 0.389 bits per heavy atom. The highest BCUT2D eigenvalue weighted by Crippen LogP contribution is 2.51. The Balaban J connectivity index is 0.00000178. The van der Waals surface area contributed by atoms with E-state index in [2.05, 4.69) is 184 Å². The molecule has 0 saturated heterocycles. The van der Waals surface area contributed by atoms with E-state index >= 15 is 0 Å². The molecule has 2 aliphatic rings. The molecule has 0 heteroatoms. The lowest BCUT2D eigenvalue weighted by molar-refractivity contribution is 0.661. The smallest absolute Gasteiger partial charge is 0.0159 e. The van der Waals surface area contributed by atoms with E-state index in [4.69, 9.17) is 0 Å². The molecule has 0 unspecified atom stereocenters. The molecule has 0 spiro atoms. The molecule has 0 atom stereocenters. The summed E-state index contributed by atoms with van der Waals surface area (Å²) in [6.45, 7) is 8.80. The number of hydrogen-bond donors (Lipinski definition) is 0. The van der Waals surface area contributed by atoms with Crippen LogP contribution in [0.1, 0.15) is 45.2 Å². The van der Waals surface area contributed by atoms with Crippen molar-refractivity contribution >= 4 is 66.0 Å². The van der Waals surface area contributed by atoms with Crippen molar-refractivity contribution in [1.82, 2.24) is 0 Å². The molecule has 9 aromatic rings. The number of hydrogen-bond acceptors (Lipinski definition) is 0. The van der Waals surface area contributed by atoms with Crippen LogP contribution in [-0.4, -0.2) is 0 Å². The van der Waals surface area contributed by atoms with Crippen LogP contribution in [0.5, 0.6) is 0 Å². The van der Waals surface area contributed by atoms with Crippen molar-refractivity contribution in [2.45, 2.75) is 39.5 Å². The fraction of sp³-hybridized carbons (Fsp3) is 0.111. The van der Waals surface area contributed by atoms with Crippen molar-refractivity contribution < 1.29 is 0 Å². The Morgan fingerprint density at radius 3 is 1.33 bits per heavy atom. The Labute approximate surface area is 317 Å². The van der Waals surface area contributed by atoms with Gasteiger partial charge in [-0.05, 0) is 139 Å². The molecular formula is C54H42. The zero-order chi connectivity index (χ0) is 36.6. The maximum Gasteiger partial charge on any atom is 0.0159 e. The molecule has 0 fully saturated rings. The number of fused-ring (bicyclic) bond motifs is 15. The first kappa shape index (κ1) is 32.4. The summed E-state index contributed by atoms with van der Waals surface area (Å²) in [6.07, 6.45) is 10.1. The van der Waals surface area contributed by atoms with Gasteiger partial charge in [0.25, 0.3) is 0 Å². The molecule has 0 nitrogen and oxygen atoms in total. The molecule has 0 bridgehead atoms. The Kier molecular flexibility index (Phi) is 7.46. The summed E-state index contributed by atoms with van der Waals surface area (Å²) in [5.41, 5.74) is 10.4. The first-order chi connectivity index (χ1) is 26.5. The minimum absolute atomic E-state index is 0.130. The minimum Gasteiger partial charge on any atom is -0.0807 e. The van der Waals surface area contributed by atoms with E-state index in [9.17, 15) is 0 Å². The Morgan fingerprint density at radius 2 is 0.778 bits per heavy atom. The minimum atomic E-state index is -0.130. The van der Waals surface area contributed by atoms with E-state index in [0.29, 0.717) is 0 Å². The molecule has 2 aliphatic carbocycles. The molecule has 0 saturated carbocycles. The number of allylic oxidation sites excluding steroid dienone is 2. The van der Waals surface area contributed by atoms with Gasteiger partial charge in [-0.3, -0.25) is 0 Å². The van der Waals surface area contributed by atoms with Gasteiger partial charge in [0.1, 0.15) is 0 Å². The van der Waals surface area contributed by atoms with E-state index in [1.54, 1.807) is 0 Å². The van der Waals surface area contributed by atoms with Crippen LogP contribution in [-0.2, 0) is 5.41 Å². The summed E-state index contributed by atoms with van der Waals surface area (Å²) in [4.78, 5) is 0. The van der Waals surface area contributed by atoms with Gasteiger partial charge in [-0.1, -0.05) is 173 Å². The molecule has 258 valence electrons. The van der Waals surface area contributed by atoms with Gasteiger partial charge >= 0.3 is 0 Å². The highest BCUT2D eigenvalue weighted by molar-refractivity contribution is 6.25. The first-order valence-electron chi connectivity index (χ1n) is 19.5. The second-order valence-corrected chi connectivity index (χ2v) is 15.2. The predicted octanol–water partition coefficient (Wildman–Crippen LogP) is 13.6. The molecule has 0 N–H and O–H groups in total. The lowest BCUT2D eigenvalue weighted by Crippen LogP contribution is -2.26. The standard InChI is InChI=1S/C52H36.C2H6/c1-52(2)50-30-34(32-20-24-44-40-13-5-3-4-12-36(40)38-15-8-10-18-42(38)48(44)28-32)22-26-46(50)47-27-23-35(31-51(47)52)33-21-25-45-41-17-7-6-14-37(41)39-16-9-11-19-43(39)49(45)29-33;1-2/h3-4,6-31H,5H2,1-2H3;1-2H3. The number of benzene rings is 9. The van der Waals surface area contributed by atoms with Gasteiger partial charge < -0.3 is 0 Å². The summed E-state index contributed by atoms with van der Waals surface area (Å²) in [6, 6.07) is 55.0. The summed E-state index contributed by atoms with van der Waals surface area (Å²) < 4.78 is 0. The molecule has 0 aliphatic heterocycles. The van der Waals surface area contributed by atoms with Gasteiger partial charge in [0, 0.05) is 5.41 Å². The van der Waals surface area contributed by atoms with Crippen LogP contribution in [0.15, 0.2) is 158 Å². The summed E-state index contributed by atoms with van der Waals surface area (Å²) >= 11 is 0. The SMILES string of the molecule is CC.CC1(C)c2cc(-c3ccc4c5c(c6ccccc6c4c3)=CC=CCC=5)ccc2-c2ccc(-c3ccc4c5ccccc5c5ccccc5c4c3)cc21. The molecule has 0 heterocycles. The monoisotopic (exact) mass is 690 g/mol. The molecule has 9 aromatic carbocycles. The van der Waals surface area contributed by atoms with Gasteiger partial charge in [-0.2, -0.15) is 0 Å². The van der Waals surface area contributed by atoms with Gasteiger partial charge in [0.2, 0.25) is 0 Å². The Bertz CT molecular complexity index is 3130. The summed E-state index contributed by atoms with van der Waals surface area (Å²) in [5.74, 6) is 0. The van der Waals surface area contributed by atoms with Crippen molar-refractivity contribution in [3.8, 4) is 33.4 Å². The molecule has 0 amide bonds. The summed E-state index contributed by atoms with van der Waals surface area (Å²) in [5, 5.41) is 15.8. The van der Waals surface area contributed by atoms with Crippen molar-refractivity contribution in [1.29, 1.82) is 0 Å². The van der Waals surface area contributed by atoms with E-state index in [1.165, 1.54) is 109 Å². The quantitative estimate of drug-likeness (QED) is 0.158.